The Bertz CT molecular complexity index is 623. The van der Waals surface area contributed by atoms with Crippen LogP contribution in [0.5, 0.6) is 0 Å². The molecule has 0 aliphatic rings. The highest BCUT2D eigenvalue weighted by molar-refractivity contribution is 6.08. The van der Waals surface area contributed by atoms with E-state index in [4.69, 9.17) is 5.84 Å². The highest BCUT2D eigenvalue weighted by atomic mass is 16.1. The van der Waals surface area contributed by atoms with Crippen molar-refractivity contribution in [3.05, 3.63) is 59.2 Å². The van der Waals surface area contributed by atoms with E-state index >= 15 is 0 Å². The van der Waals surface area contributed by atoms with Gasteiger partial charge in [-0.05, 0) is 42.7 Å². The van der Waals surface area contributed by atoms with Crippen molar-refractivity contribution in [2.45, 2.75) is 20.3 Å². The van der Waals surface area contributed by atoms with E-state index in [1.165, 1.54) is 0 Å². The van der Waals surface area contributed by atoms with Gasteiger partial charge >= 0.3 is 0 Å². The van der Waals surface area contributed by atoms with Crippen molar-refractivity contribution < 1.29 is 4.79 Å². The Morgan fingerprint density at radius 1 is 1.15 bits per heavy atom. The minimum absolute atomic E-state index is 0.168. The fourth-order valence-electron chi connectivity index (χ4n) is 2.12. The minimum Gasteiger partial charge on any atom is -0.323 e. The lowest BCUT2D eigenvalue weighted by atomic mass is 10.1. The molecule has 0 spiro atoms. The van der Waals surface area contributed by atoms with Gasteiger partial charge in [-0.25, -0.2) is 0 Å². The summed E-state index contributed by atoms with van der Waals surface area (Å²) in [4.78, 5) is 12.4. The molecule has 4 nitrogen and oxygen atoms in total. The van der Waals surface area contributed by atoms with Gasteiger partial charge in [0.05, 0.1) is 11.3 Å². The average molecular weight is 269 g/mol. The molecule has 0 saturated carbocycles. The summed E-state index contributed by atoms with van der Waals surface area (Å²) in [6, 6.07) is 13.3. The Hall–Kier alpha value is -2.33. The molecule has 0 atom stereocenters. The van der Waals surface area contributed by atoms with Crippen LogP contribution in [0.2, 0.25) is 0 Å². The normalized spacial score (nSPS) is 10.2. The maximum Gasteiger partial charge on any atom is 0.257 e. The first kappa shape index (κ1) is 14.1. The zero-order valence-electron chi connectivity index (χ0n) is 11.7. The third-order valence-corrected chi connectivity index (χ3v) is 3.22. The number of amides is 1. The molecule has 0 saturated heterocycles. The lowest BCUT2D eigenvalue weighted by molar-refractivity contribution is 0.102. The summed E-state index contributed by atoms with van der Waals surface area (Å²) in [7, 11) is 0. The van der Waals surface area contributed by atoms with E-state index < -0.39 is 0 Å². The van der Waals surface area contributed by atoms with E-state index in [9.17, 15) is 4.79 Å². The summed E-state index contributed by atoms with van der Waals surface area (Å²) in [6.07, 6.45) is 0.867. The van der Waals surface area contributed by atoms with E-state index in [1.807, 2.05) is 43.3 Å². The van der Waals surface area contributed by atoms with E-state index in [1.54, 1.807) is 6.07 Å². The van der Waals surface area contributed by atoms with Crippen LogP contribution in [-0.4, -0.2) is 5.91 Å². The van der Waals surface area contributed by atoms with E-state index in [2.05, 4.69) is 17.7 Å². The molecular weight excluding hydrogens is 250 g/mol. The van der Waals surface area contributed by atoms with Gasteiger partial charge in [0.15, 0.2) is 0 Å². The molecule has 0 aliphatic heterocycles. The second-order valence-corrected chi connectivity index (χ2v) is 4.66. The van der Waals surface area contributed by atoms with Crippen LogP contribution >= 0.6 is 0 Å². The van der Waals surface area contributed by atoms with Crippen LogP contribution in [0.3, 0.4) is 0 Å². The van der Waals surface area contributed by atoms with Gasteiger partial charge < -0.3 is 10.7 Å². The van der Waals surface area contributed by atoms with Gasteiger partial charge in [-0.15, -0.1) is 0 Å². The number of anilines is 2. The molecule has 0 fully saturated rings. The van der Waals surface area contributed by atoms with E-state index in [0.717, 1.165) is 23.2 Å². The number of hydrogen-bond donors (Lipinski definition) is 3. The third-order valence-electron chi connectivity index (χ3n) is 3.22. The number of carbonyl (C=O) groups is 1. The van der Waals surface area contributed by atoms with Gasteiger partial charge in [-0.1, -0.05) is 31.2 Å². The zero-order chi connectivity index (χ0) is 14.5. The number of nitrogens with one attached hydrogen (secondary N) is 2. The summed E-state index contributed by atoms with van der Waals surface area (Å²) in [5.41, 5.74) is 6.71. The van der Waals surface area contributed by atoms with Crippen molar-refractivity contribution in [2.75, 3.05) is 10.7 Å². The molecule has 0 bridgehead atoms. The highest BCUT2D eigenvalue weighted by Crippen LogP contribution is 2.20. The summed E-state index contributed by atoms with van der Waals surface area (Å²) < 4.78 is 0. The minimum atomic E-state index is -0.168. The molecule has 2 rings (SSSR count). The number of nitrogen functional groups attached to an aromatic ring is 1. The number of nitrogens with two attached hydrogens (primary N) is 1. The molecule has 2 aromatic carbocycles. The number of para-hydroxylation sites is 1. The first-order valence-corrected chi connectivity index (χ1v) is 6.62. The number of benzene rings is 2. The van der Waals surface area contributed by atoms with Crippen LogP contribution in [-0.2, 0) is 6.42 Å². The molecule has 0 heterocycles. The van der Waals surface area contributed by atoms with Crippen LogP contribution in [0.15, 0.2) is 42.5 Å². The number of rotatable bonds is 4. The summed E-state index contributed by atoms with van der Waals surface area (Å²) in [6.45, 7) is 4.01. The molecule has 4 heteroatoms. The van der Waals surface area contributed by atoms with Gasteiger partial charge in [0.25, 0.3) is 5.91 Å². The second-order valence-electron chi connectivity index (χ2n) is 4.66. The lowest BCUT2D eigenvalue weighted by Gasteiger charge is -2.12. The van der Waals surface area contributed by atoms with Gasteiger partial charge in [0, 0.05) is 5.69 Å². The second kappa shape index (κ2) is 6.21. The molecule has 0 unspecified atom stereocenters. The zero-order valence-corrected chi connectivity index (χ0v) is 11.7. The average Bonchev–Trinajstić information content (AvgIpc) is 2.47. The van der Waals surface area contributed by atoms with Crippen molar-refractivity contribution in [2.24, 2.45) is 5.84 Å². The largest absolute Gasteiger partial charge is 0.323 e. The van der Waals surface area contributed by atoms with Crippen molar-refractivity contribution in [3.8, 4) is 0 Å². The van der Waals surface area contributed by atoms with Crippen LogP contribution in [0, 0.1) is 6.92 Å². The van der Waals surface area contributed by atoms with E-state index in [0.29, 0.717) is 11.3 Å². The molecule has 104 valence electrons. The Balaban J connectivity index is 2.28. The number of aryl methyl sites for hydroxylation is 2. The fraction of sp³-hybridized carbons (Fsp3) is 0.188. The SMILES string of the molecule is CCc1ccccc1NC(=O)c1ccc(C)cc1NN. The molecule has 20 heavy (non-hydrogen) atoms. The van der Waals surface area contributed by atoms with Gasteiger partial charge in [-0.2, -0.15) is 0 Å². The molecule has 0 radical (unpaired) electrons. The standard InChI is InChI=1S/C16H19N3O/c1-3-12-6-4-5-7-14(12)18-16(20)13-9-8-11(2)10-15(13)19-17/h4-10,19H,3,17H2,1-2H3,(H,18,20). The van der Waals surface area contributed by atoms with Crippen LogP contribution in [0.1, 0.15) is 28.4 Å². The Morgan fingerprint density at radius 2 is 1.90 bits per heavy atom. The topological polar surface area (TPSA) is 67.2 Å². The van der Waals surface area contributed by atoms with Crippen molar-refractivity contribution in [1.82, 2.24) is 0 Å². The first-order valence-electron chi connectivity index (χ1n) is 6.62. The fourth-order valence-corrected chi connectivity index (χ4v) is 2.12. The number of carbonyl (C=O) groups excluding carboxylic acids is 1. The Kier molecular flexibility index (Phi) is 4.38. The Morgan fingerprint density at radius 3 is 2.60 bits per heavy atom. The Labute approximate surface area is 119 Å². The van der Waals surface area contributed by atoms with Crippen LogP contribution < -0.4 is 16.6 Å². The van der Waals surface area contributed by atoms with Crippen molar-refractivity contribution >= 4 is 17.3 Å². The van der Waals surface area contributed by atoms with Crippen molar-refractivity contribution in [1.29, 1.82) is 0 Å². The quantitative estimate of drug-likeness (QED) is 0.590. The summed E-state index contributed by atoms with van der Waals surface area (Å²) >= 11 is 0. The smallest absolute Gasteiger partial charge is 0.257 e. The monoisotopic (exact) mass is 269 g/mol. The number of hydrazine groups is 1. The van der Waals surface area contributed by atoms with Gasteiger partial charge in [-0.3, -0.25) is 10.6 Å². The van der Waals surface area contributed by atoms with Crippen molar-refractivity contribution in [3.63, 3.8) is 0 Å². The predicted octanol–water partition coefficient (Wildman–Crippen LogP) is 3.10. The van der Waals surface area contributed by atoms with Gasteiger partial charge in [0.1, 0.15) is 0 Å². The van der Waals surface area contributed by atoms with Crippen LogP contribution in [0.4, 0.5) is 11.4 Å². The molecule has 4 N–H and O–H groups in total. The maximum atomic E-state index is 12.4. The highest BCUT2D eigenvalue weighted by Gasteiger charge is 2.12. The molecule has 1 amide bonds. The van der Waals surface area contributed by atoms with E-state index in [-0.39, 0.29) is 5.91 Å². The van der Waals surface area contributed by atoms with Gasteiger partial charge in [0.2, 0.25) is 0 Å². The summed E-state index contributed by atoms with van der Waals surface area (Å²) in [5.74, 6) is 5.31. The molecule has 2 aromatic rings. The first-order chi connectivity index (χ1) is 9.65. The lowest BCUT2D eigenvalue weighted by Crippen LogP contribution is -2.18. The molecule has 0 aromatic heterocycles. The summed E-state index contributed by atoms with van der Waals surface area (Å²) in [5, 5.41) is 2.94. The third kappa shape index (κ3) is 2.97. The predicted molar refractivity (Wildman–Crippen MR) is 82.8 cm³/mol. The molecule has 0 aliphatic carbocycles. The van der Waals surface area contributed by atoms with Crippen LogP contribution in [0.25, 0.3) is 0 Å². The number of hydrogen-bond acceptors (Lipinski definition) is 3. The molecular formula is C16H19N3O. The maximum absolute atomic E-state index is 12.4.